The molecule has 22 heavy (non-hydrogen) atoms. The molecule has 0 bridgehead atoms. The summed E-state index contributed by atoms with van der Waals surface area (Å²) in [6.45, 7) is 6.30. The van der Waals surface area contributed by atoms with E-state index in [4.69, 9.17) is 9.26 Å². The van der Waals surface area contributed by atoms with Gasteiger partial charge in [-0.05, 0) is 26.7 Å². The van der Waals surface area contributed by atoms with E-state index >= 15 is 0 Å². The first-order chi connectivity index (χ1) is 10.6. The van der Waals surface area contributed by atoms with Crippen molar-refractivity contribution in [3.8, 4) is 0 Å². The van der Waals surface area contributed by atoms with E-state index in [2.05, 4.69) is 20.4 Å². The fourth-order valence-electron chi connectivity index (χ4n) is 2.59. The summed E-state index contributed by atoms with van der Waals surface area (Å²) in [5.41, 5.74) is 0.863. The molecule has 1 aliphatic heterocycles. The largest absolute Gasteiger partial charge is 0.466 e. The fraction of sp³-hybridized carbons (Fsp3) is 0.667. The van der Waals surface area contributed by atoms with E-state index in [1.54, 1.807) is 7.05 Å². The number of nitrogens with zero attached hydrogens (tertiary/aromatic N) is 3. The van der Waals surface area contributed by atoms with Gasteiger partial charge < -0.3 is 19.5 Å². The Morgan fingerprint density at radius 1 is 1.55 bits per heavy atom. The second-order valence-corrected chi connectivity index (χ2v) is 5.35. The van der Waals surface area contributed by atoms with Gasteiger partial charge in [0.1, 0.15) is 0 Å². The first-order valence-electron chi connectivity index (χ1n) is 7.68. The Hall–Kier alpha value is -2.05. The zero-order valence-corrected chi connectivity index (χ0v) is 13.5. The minimum atomic E-state index is -0.0813. The Bertz CT molecular complexity index is 519. The number of nitrogens with one attached hydrogen (secondary N) is 1. The molecule has 0 aliphatic carbocycles. The number of carbonyl (C=O) groups is 1. The zero-order valence-electron chi connectivity index (χ0n) is 13.5. The second-order valence-electron chi connectivity index (χ2n) is 5.35. The number of hydrogen-bond donors (Lipinski definition) is 1. The quantitative estimate of drug-likeness (QED) is 0.513. The Balaban J connectivity index is 1.82. The second kappa shape index (κ2) is 7.82. The Morgan fingerprint density at radius 2 is 2.27 bits per heavy atom. The molecule has 122 valence electrons. The van der Waals surface area contributed by atoms with E-state index < -0.39 is 0 Å². The number of aliphatic imine (C=N–C) groups is 1. The lowest BCUT2D eigenvalue weighted by Gasteiger charge is -2.33. The van der Waals surface area contributed by atoms with Crippen LogP contribution in [-0.4, -0.2) is 48.7 Å². The van der Waals surface area contributed by atoms with Gasteiger partial charge in [0.2, 0.25) is 0 Å². The molecule has 0 amide bonds. The number of hydrogen-bond acceptors (Lipinski definition) is 5. The van der Waals surface area contributed by atoms with Crippen LogP contribution < -0.4 is 5.32 Å². The molecule has 7 heteroatoms. The summed E-state index contributed by atoms with van der Waals surface area (Å²) in [6, 6.07) is 1.90. The van der Waals surface area contributed by atoms with Gasteiger partial charge in [-0.15, -0.1) is 0 Å². The van der Waals surface area contributed by atoms with Crippen LogP contribution in [-0.2, 0) is 16.1 Å². The highest BCUT2D eigenvalue weighted by molar-refractivity contribution is 5.80. The highest BCUT2D eigenvalue weighted by Gasteiger charge is 2.27. The first kappa shape index (κ1) is 16.3. The van der Waals surface area contributed by atoms with Crippen LogP contribution in [0.1, 0.15) is 31.2 Å². The lowest BCUT2D eigenvalue weighted by molar-refractivity contribution is -0.149. The van der Waals surface area contributed by atoms with Crippen molar-refractivity contribution in [2.75, 3.05) is 26.7 Å². The highest BCUT2D eigenvalue weighted by atomic mass is 16.5. The fourth-order valence-corrected chi connectivity index (χ4v) is 2.59. The number of esters is 1. The summed E-state index contributed by atoms with van der Waals surface area (Å²) < 4.78 is 10.3. The van der Waals surface area contributed by atoms with Crippen LogP contribution in [0.4, 0.5) is 0 Å². The van der Waals surface area contributed by atoms with Gasteiger partial charge in [0.05, 0.1) is 24.8 Å². The number of piperidine rings is 1. The Morgan fingerprint density at radius 3 is 2.82 bits per heavy atom. The maximum absolute atomic E-state index is 11.8. The van der Waals surface area contributed by atoms with Crippen molar-refractivity contribution in [1.29, 1.82) is 0 Å². The Kier molecular flexibility index (Phi) is 5.80. The van der Waals surface area contributed by atoms with Crippen LogP contribution in [0, 0.1) is 12.8 Å². The van der Waals surface area contributed by atoms with E-state index in [0.29, 0.717) is 13.2 Å². The van der Waals surface area contributed by atoms with Crippen LogP contribution >= 0.6 is 0 Å². The van der Waals surface area contributed by atoms with Gasteiger partial charge in [0.25, 0.3) is 0 Å². The third-order valence-corrected chi connectivity index (χ3v) is 3.72. The zero-order chi connectivity index (χ0) is 15.9. The molecular formula is C15H24N4O3. The van der Waals surface area contributed by atoms with Gasteiger partial charge in [-0.25, -0.2) is 0 Å². The molecule has 1 saturated heterocycles. The topological polar surface area (TPSA) is 80.0 Å². The van der Waals surface area contributed by atoms with Crippen molar-refractivity contribution in [2.24, 2.45) is 10.9 Å². The molecule has 1 aromatic rings. The summed E-state index contributed by atoms with van der Waals surface area (Å²) >= 11 is 0. The van der Waals surface area contributed by atoms with Crippen molar-refractivity contribution in [3.05, 3.63) is 17.5 Å². The number of likely N-dealkylation sites (tertiary alicyclic amines) is 1. The monoisotopic (exact) mass is 308 g/mol. The third kappa shape index (κ3) is 4.22. The number of aryl methyl sites for hydroxylation is 1. The van der Waals surface area contributed by atoms with E-state index in [1.807, 2.05) is 19.9 Å². The predicted molar refractivity (Wildman–Crippen MR) is 82.4 cm³/mol. The van der Waals surface area contributed by atoms with Gasteiger partial charge in [-0.3, -0.25) is 9.79 Å². The van der Waals surface area contributed by atoms with Crippen LogP contribution in [0.2, 0.25) is 0 Å². The smallest absolute Gasteiger partial charge is 0.309 e. The van der Waals surface area contributed by atoms with Crippen LogP contribution in [0.15, 0.2) is 15.6 Å². The van der Waals surface area contributed by atoms with Gasteiger partial charge in [-0.1, -0.05) is 5.16 Å². The summed E-state index contributed by atoms with van der Waals surface area (Å²) in [4.78, 5) is 18.2. The molecule has 2 heterocycles. The number of ether oxygens (including phenoxy) is 1. The van der Waals surface area contributed by atoms with Crippen LogP contribution in [0.3, 0.4) is 0 Å². The molecule has 1 aliphatic rings. The Labute approximate surface area is 130 Å². The van der Waals surface area contributed by atoms with Crippen molar-refractivity contribution >= 4 is 11.9 Å². The molecular weight excluding hydrogens is 284 g/mol. The summed E-state index contributed by atoms with van der Waals surface area (Å²) in [7, 11) is 1.76. The highest BCUT2D eigenvalue weighted by Crippen LogP contribution is 2.18. The molecule has 7 nitrogen and oxygen atoms in total. The lowest BCUT2D eigenvalue weighted by Crippen LogP contribution is -2.46. The minimum Gasteiger partial charge on any atom is -0.466 e. The number of carbonyl (C=O) groups excluding carboxylic acids is 1. The van der Waals surface area contributed by atoms with Crippen LogP contribution in [0.5, 0.6) is 0 Å². The third-order valence-electron chi connectivity index (χ3n) is 3.72. The van der Waals surface area contributed by atoms with Crippen molar-refractivity contribution < 1.29 is 14.1 Å². The molecule has 1 fully saturated rings. The molecule has 1 aromatic heterocycles. The summed E-state index contributed by atoms with van der Waals surface area (Å²) in [5.74, 6) is 1.52. The van der Waals surface area contributed by atoms with Gasteiger partial charge >= 0.3 is 5.97 Å². The van der Waals surface area contributed by atoms with Gasteiger partial charge in [-0.2, -0.15) is 0 Å². The number of rotatable bonds is 4. The van der Waals surface area contributed by atoms with Crippen molar-refractivity contribution in [3.63, 3.8) is 0 Å². The molecule has 0 spiro atoms. The van der Waals surface area contributed by atoms with E-state index in [1.165, 1.54) is 0 Å². The molecule has 2 rings (SSSR count). The standard InChI is InChI=1S/C15H24N4O3/c1-4-21-14(20)12-5-7-19(8-6-12)15(16-3)17-10-13-9-11(2)18-22-13/h9,12H,4-8,10H2,1-3H3,(H,16,17). The molecule has 0 radical (unpaired) electrons. The van der Waals surface area contributed by atoms with E-state index in [9.17, 15) is 4.79 Å². The first-order valence-corrected chi connectivity index (χ1v) is 7.68. The van der Waals surface area contributed by atoms with Gasteiger partial charge in [0, 0.05) is 26.2 Å². The average molecular weight is 308 g/mol. The molecule has 0 unspecified atom stereocenters. The SMILES string of the molecule is CCOC(=O)C1CCN(C(=NC)NCc2cc(C)no2)CC1. The lowest BCUT2D eigenvalue weighted by atomic mass is 9.97. The van der Waals surface area contributed by atoms with E-state index in [-0.39, 0.29) is 11.9 Å². The van der Waals surface area contributed by atoms with Gasteiger partial charge in [0.15, 0.2) is 11.7 Å². The molecule has 1 N–H and O–H groups in total. The van der Waals surface area contributed by atoms with Crippen LogP contribution in [0.25, 0.3) is 0 Å². The summed E-state index contributed by atoms with van der Waals surface area (Å²) in [6.07, 6.45) is 1.59. The van der Waals surface area contributed by atoms with Crippen molar-refractivity contribution in [2.45, 2.75) is 33.2 Å². The average Bonchev–Trinajstić information content (AvgIpc) is 2.94. The minimum absolute atomic E-state index is 0.00577. The number of guanidine groups is 1. The number of aromatic nitrogens is 1. The maximum atomic E-state index is 11.8. The van der Waals surface area contributed by atoms with E-state index in [0.717, 1.165) is 43.3 Å². The van der Waals surface area contributed by atoms with Crippen molar-refractivity contribution in [1.82, 2.24) is 15.4 Å². The molecule has 0 aromatic carbocycles. The molecule has 0 atom stereocenters. The maximum Gasteiger partial charge on any atom is 0.309 e. The normalized spacial score (nSPS) is 16.7. The summed E-state index contributed by atoms with van der Waals surface area (Å²) in [5, 5.41) is 7.12. The molecule has 0 saturated carbocycles. The predicted octanol–water partition coefficient (Wildman–Crippen LogP) is 1.33.